The van der Waals surface area contributed by atoms with Crippen LogP contribution in [0.3, 0.4) is 0 Å². The van der Waals surface area contributed by atoms with E-state index in [0.29, 0.717) is 4.73 Å². The van der Waals surface area contributed by atoms with Crippen molar-refractivity contribution in [2.75, 3.05) is 0 Å². The van der Waals surface area contributed by atoms with Crippen LogP contribution in [0.2, 0.25) is 5.15 Å². The van der Waals surface area contributed by atoms with E-state index in [-0.39, 0.29) is 28.0 Å². The van der Waals surface area contributed by atoms with E-state index >= 15 is 0 Å². The zero-order valence-corrected chi connectivity index (χ0v) is 12.3. The highest BCUT2D eigenvalue weighted by Crippen LogP contribution is 2.39. The fourth-order valence-corrected chi connectivity index (χ4v) is 2.16. The van der Waals surface area contributed by atoms with E-state index in [9.17, 15) is 25.5 Å². The molecule has 11 heteroatoms. The van der Waals surface area contributed by atoms with Crippen LogP contribution in [-0.2, 0) is 0 Å². The van der Waals surface area contributed by atoms with Crippen LogP contribution in [0.15, 0.2) is 35.0 Å². The summed E-state index contributed by atoms with van der Waals surface area (Å²) >= 11 is 5.86. The Balaban J connectivity index is 2.09. The summed E-state index contributed by atoms with van der Waals surface area (Å²) in [6.45, 7) is 0. The number of pyridine rings is 1. The molecule has 2 heterocycles. The lowest BCUT2D eigenvalue weighted by atomic mass is 10.1. The van der Waals surface area contributed by atoms with E-state index in [1.165, 1.54) is 18.3 Å². The van der Waals surface area contributed by atoms with Crippen molar-refractivity contribution in [3.8, 4) is 34.3 Å². The zero-order valence-electron chi connectivity index (χ0n) is 11.6. The van der Waals surface area contributed by atoms with E-state index < -0.39 is 22.1 Å². The van der Waals surface area contributed by atoms with E-state index in [2.05, 4.69) is 10.1 Å². The number of benzene rings is 1. The van der Waals surface area contributed by atoms with Crippen molar-refractivity contribution in [2.45, 2.75) is 0 Å². The van der Waals surface area contributed by atoms with E-state index in [4.69, 9.17) is 16.1 Å². The van der Waals surface area contributed by atoms with Gasteiger partial charge in [-0.2, -0.15) is 9.71 Å². The molecule has 0 spiro atoms. The van der Waals surface area contributed by atoms with Gasteiger partial charge in [-0.05, 0) is 23.7 Å². The third-order valence-electron chi connectivity index (χ3n) is 3.08. The van der Waals surface area contributed by atoms with Gasteiger partial charge in [0.15, 0.2) is 11.9 Å². The van der Waals surface area contributed by atoms with Crippen molar-refractivity contribution in [2.24, 2.45) is 0 Å². The minimum Gasteiger partial charge on any atom is -0.618 e. The zero-order chi connectivity index (χ0) is 17.4. The number of phenols is 2. The SMILES string of the molecule is O=[N+]([O-])c1cc(-c2nc(-c3ccc[n+]([O-])c3Cl)no2)cc(O)c1O. The Morgan fingerprint density at radius 1 is 1.33 bits per heavy atom. The standard InChI is InChI=1S/C13H7ClN4O6/c14-11-7(2-1-3-17(11)21)12-15-13(24-16-12)6-4-8(18(22)23)10(20)9(19)5-6/h1-5,19-20H. The molecule has 0 aliphatic carbocycles. The molecule has 2 N–H and O–H groups in total. The summed E-state index contributed by atoms with van der Waals surface area (Å²) in [5.74, 6) is -1.77. The molecule has 0 amide bonds. The van der Waals surface area contributed by atoms with E-state index in [1.54, 1.807) is 0 Å². The fourth-order valence-electron chi connectivity index (χ4n) is 1.95. The molecule has 10 nitrogen and oxygen atoms in total. The maximum atomic E-state index is 11.5. The summed E-state index contributed by atoms with van der Waals surface area (Å²) in [5, 5.41) is 44.9. The number of hydrogen-bond acceptors (Lipinski definition) is 8. The number of phenolic OH excluding ortho intramolecular Hbond substituents is 2. The fraction of sp³-hybridized carbons (Fsp3) is 0. The van der Waals surface area contributed by atoms with Gasteiger partial charge >= 0.3 is 5.69 Å². The second-order valence-corrected chi connectivity index (χ2v) is 4.94. The molecule has 0 aliphatic rings. The number of aromatic hydroxyl groups is 2. The second kappa shape index (κ2) is 5.66. The third-order valence-corrected chi connectivity index (χ3v) is 3.45. The van der Waals surface area contributed by atoms with Gasteiger partial charge in [-0.25, -0.2) is 0 Å². The quantitative estimate of drug-likeness (QED) is 0.182. The first-order valence-electron chi connectivity index (χ1n) is 6.31. The van der Waals surface area contributed by atoms with E-state index in [0.717, 1.165) is 12.1 Å². The van der Waals surface area contributed by atoms with Crippen LogP contribution < -0.4 is 4.73 Å². The van der Waals surface area contributed by atoms with Crippen LogP contribution >= 0.6 is 11.6 Å². The second-order valence-electron chi connectivity index (χ2n) is 4.58. The largest absolute Gasteiger partial charge is 0.618 e. The minimum atomic E-state index is -0.873. The van der Waals surface area contributed by atoms with Crippen LogP contribution in [0, 0.1) is 15.3 Å². The molecule has 3 rings (SSSR count). The molecular weight excluding hydrogens is 344 g/mol. The number of aromatic nitrogens is 3. The highest BCUT2D eigenvalue weighted by Gasteiger charge is 2.23. The first kappa shape index (κ1) is 15.5. The van der Waals surface area contributed by atoms with Crippen LogP contribution in [0.4, 0.5) is 5.69 Å². The van der Waals surface area contributed by atoms with Crippen molar-refractivity contribution in [1.82, 2.24) is 10.1 Å². The normalized spacial score (nSPS) is 10.7. The number of halogens is 1. The summed E-state index contributed by atoms with van der Waals surface area (Å²) < 4.78 is 5.39. The van der Waals surface area contributed by atoms with Crippen molar-refractivity contribution >= 4 is 17.3 Å². The monoisotopic (exact) mass is 350 g/mol. The average Bonchev–Trinajstić information content (AvgIpc) is 3.02. The lowest BCUT2D eigenvalue weighted by Crippen LogP contribution is -2.26. The van der Waals surface area contributed by atoms with Gasteiger partial charge in [-0.15, -0.1) is 0 Å². The average molecular weight is 351 g/mol. The molecule has 0 fully saturated rings. The summed E-state index contributed by atoms with van der Waals surface area (Å²) in [6, 6.07) is 4.91. The summed E-state index contributed by atoms with van der Waals surface area (Å²) in [6.07, 6.45) is 1.19. The van der Waals surface area contributed by atoms with E-state index in [1.807, 2.05) is 0 Å². The van der Waals surface area contributed by atoms with Crippen molar-refractivity contribution in [3.05, 3.63) is 50.9 Å². The molecule has 1 aromatic carbocycles. The van der Waals surface area contributed by atoms with Crippen molar-refractivity contribution in [3.63, 3.8) is 0 Å². The summed E-state index contributed by atoms with van der Waals surface area (Å²) in [4.78, 5) is 14.0. The molecular formula is C13H7ClN4O6. The molecule has 0 radical (unpaired) electrons. The number of nitro benzene ring substituents is 1. The Morgan fingerprint density at radius 3 is 2.79 bits per heavy atom. The molecule has 0 atom stereocenters. The number of hydrogen-bond donors (Lipinski definition) is 2. The van der Waals surface area contributed by atoms with Crippen LogP contribution in [0.25, 0.3) is 22.8 Å². The number of rotatable bonds is 3. The molecule has 3 aromatic rings. The molecule has 0 aliphatic heterocycles. The van der Waals surface area contributed by atoms with Crippen molar-refractivity contribution < 1.29 is 24.4 Å². The Labute approximate surface area is 137 Å². The van der Waals surface area contributed by atoms with Gasteiger partial charge in [-0.1, -0.05) is 5.16 Å². The molecule has 2 aromatic heterocycles. The van der Waals surface area contributed by atoms with Crippen LogP contribution in [0.5, 0.6) is 11.5 Å². The molecule has 0 saturated carbocycles. The first-order valence-corrected chi connectivity index (χ1v) is 6.68. The highest BCUT2D eigenvalue weighted by molar-refractivity contribution is 6.30. The predicted molar refractivity (Wildman–Crippen MR) is 79.1 cm³/mol. The topological polar surface area (TPSA) is 149 Å². The lowest BCUT2D eigenvalue weighted by Gasteiger charge is -2.01. The lowest BCUT2D eigenvalue weighted by molar-refractivity contribution is -0.602. The Hall–Kier alpha value is -3.40. The smallest absolute Gasteiger partial charge is 0.315 e. The van der Waals surface area contributed by atoms with Crippen molar-refractivity contribution in [1.29, 1.82) is 0 Å². The van der Waals surface area contributed by atoms with Crippen LogP contribution in [0.1, 0.15) is 0 Å². The van der Waals surface area contributed by atoms with Gasteiger partial charge in [-0.3, -0.25) is 10.1 Å². The molecule has 24 heavy (non-hydrogen) atoms. The predicted octanol–water partition coefficient (Wildman–Crippen LogP) is 2.01. The summed E-state index contributed by atoms with van der Waals surface area (Å²) in [7, 11) is 0. The van der Waals surface area contributed by atoms with Crippen LogP contribution in [-0.4, -0.2) is 25.3 Å². The van der Waals surface area contributed by atoms with Gasteiger partial charge in [0.2, 0.25) is 11.6 Å². The Bertz CT molecular complexity index is 958. The summed E-state index contributed by atoms with van der Waals surface area (Å²) in [5.41, 5.74) is -0.514. The van der Waals surface area contributed by atoms with Gasteiger partial charge in [0.05, 0.1) is 10.5 Å². The van der Waals surface area contributed by atoms with Gasteiger partial charge in [0.25, 0.3) is 11.0 Å². The molecule has 0 saturated heterocycles. The third kappa shape index (κ3) is 2.54. The first-order chi connectivity index (χ1) is 11.4. The molecule has 0 unspecified atom stereocenters. The Kier molecular flexibility index (Phi) is 3.66. The van der Waals surface area contributed by atoms with Gasteiger partial charge in [0.1, 0.15) is 5.56 Å². The maximum absolute atomic E-state index is 11.5. The molecule has 0 bridgehead atoms. The Morgan fingerprint density at radius 2 is 2.08 bits per heavy atom. The van der Waals surface area contributed by atoms with Gasteiger partial charge < -0.3 is 19.9 Å². The maximum Gasteiger partial charge on any atom is 0.315 e. The minimum absolute atomic E-state index is 0.0119. The molecule has 122 valence electrons. The number of nitrogens with zero attached hydrogens (tertiary/aromatic N) is 4. The van der Waals surface area contributed by atoms with Gasteiger partial charge in [0, 0.05) is 12.1 Å². The highest BCUT2D eigenvalue weighted by atomic mass is 35.5. The number of nitro groups is 1.